The number of aliphatic hydroxyl groups is 1. The van der Waals surface area contributed by atoms with Gasteiger partial charge in [-0.25, -0.2) is 0 Å². The number of hydrogen-bond donors (Lipinski definition) is 1. The van der Waals surface area contributed by atoms with E-state index >= 15 is 0 Å². The molecular weight excluding hydrogens is 268 g/mol. The van der Waals surface area contributed by atoms with Crippen LogP contribution < -0.4 is 0 Å². The molecule has 3 fully saturated rings. The van der Waals surface area contributed by atoms with Crippen LogP contribution in [0.25, 0.3) is 0 Å². The van der Waals surface area contributed by atoms with Crippen molar-refractivity contribution < 1.29 is 9.84 Å². The van der Waals surface area contributed by atoms with Crippen molar-refractivity contribution >= 4 is 11.8 Å². The standard InChI is InChI=1S/C17H30O2S/c18-16(11-14-5-3-1-2-4-6-14)15-7-9-19-17(12-15)8-10-20-13-17/h14-16,18H,1-13H2. The molecule has 1 aliphatic carbocycles. The molecule has 3 heteroatoms. The largest absolute Gasteiger partial charge is 0.393 e. The van der Waals surface area contributed by atoms with Gasteiger partial charge >= 0.3 is 0 Å². The molecule has 1 spiro atoms. The highest BCUT2D eigenvalue weighted by atomic mass is 32.2. The van der Waals surface area contributed by atoms with Crippen LogP contribution in [-0.2, 0) is 4.74 Å². The minimum Gasteiger partial charge on any atom is -0.393 e. The lowest BCUT2D eigenvalue weighted by Gasteiger charge is -2.40. The van der Waals surface area contributed by atoms with Crippen molar-refractivity contribution in [1.82, 2.24) is 0 Å². The fourth-order valence-corrected chi connectivity index (χ4v) is 5.77. The van der Waals surface area contributed by atoms with Gasteiger partial charge in [0.15, 0.2) is 0 Å². The van der Waals surface area contributed by atoms with Gasteiger partial charge in [0.05, 0.1) is 11.7 Å². The summed E-state index contributed by atoms with van der Waals surface area (Å²) in [6, 6.07) is 0. The minimum atomic E-state index is -0.0792. The van der Waals surface area contributed by atoms with E-state index in [4.69, 9.17) is 4.74 Å². The summed E-state index contributed by atoms with van der Waals surface area (Å²) in [5.74, 6) is 3.67. The van der Waals surface area contributed by atoms with Gasteiger partial charge in [-0.3, -0.25) is 0 Å². The van der Waals surface area contributed by atoms with Crippen LogP contribution in [0.15, 0.2) is 0 Å². The van der Waals surface area contributed by atoms with E-state index in [9.17, 15) is 5.11 Å². The van der Waals surface area contributed by atoms with Crippen LogP contribution in [0.3, 0.4) is 0 Å². The summed E-state index contributed by atoms with van der Waals surface area (Å²) in [4.78, 5) is 0. The van der Waals surface area contributed by atoms with Crippen molar-refractivity contribution in [2.45, 2.75) is 75.9 Å². The molecule has 1 saturated carbocycles. The van der Waals surface area contributed by atoms with E-state index in [1.807, 2.05) is 11.8 Å². The monoisotopic (exact) mass is 298 g/mol. The molecule has 0 bridgehead atoms. The molecule has 0 radical (unpaired) electrons. The van der Waals surface area contributed by atoms with E-state index in [2.05, 4.69) is 0 Å². The van der Waals surface area contributed by atoms with Gasteiger partial charge in [-0.2, -0.15) is 11.8 Å². The summed E-state index contributed by atoms with van der Waals surface area (Å²) in [5.41, 5.74) is 0.123. The molecule has 116 valence electrons. The predicted octanol–water partition coefficient (Wildman–Crippen LogP) is 4.01. The Kier molecular flexibility index (Phi) is 5.33. The first-order valence-corrected chi connectivity index (χ1v) is 9.83. The number of rotatable bonds is 3. The maximum absolute atomic E-state index is 10.7. The summed E-state index contributed by atoms with van der Waals surface area (Å²) >= 11 is 2.02. The van der Waals surface area contributed by atoms with Gasteiger partial charge in [-0.05, 0) is 43.3 Å². The zero-order valence-electron chi connectivity index (χ0n) is 12.7. The Balaban J connectivity index is 1.52. The molecule has 3 rings (SSSR count). The summed E-state index contributed by atoms with van der Waals surface area (Å²) in [7, 11) is 0. The molecule has 2 nitrogen and oxygen atoms in total. The Hall–Kier alpha value is 0.270. The van der Waals surface area contributed by atoms with Crippen LogP contribution in [0.5, 0.6) is 0 Å². The Morgan fingerprint density at radius 1 is 1.15 bits per heavy atom. The molecule has 2 saturated heterocycles. The Bertz CT molecular complexity index is 293. The lowest BCUT2D eigenvalue weighted by atomic mass is 9.79. The van der Waals surface area contributed by atoms with Gasteiger partial charge in [-0.1, -0.05) is 38.5 Å². The second kappa shape index (κ2) is 7.02. The molecule has 3 atom stereocenters. The molecule has 2 aliphatic heterocycles. The first-order valence-electron chi connectivity index (χ1n) is 8.67. The zero-order chi connectivity index (χ0) is 13.8. The van der Waals surface area contributed by atoms with Crippen LogP contribution in [0.2, 0.25) is 0 Å². The lowest BCUT2D eigenvalue weighted by molar-refractivity contribution is -0.104. The first kappa shape index (κ1) is 15.2. The summed E-state index contributed by atoms with van der Waals surface area (Å²) < 4.78 is 6.08. The normalized spacial score (nSPS) is 38.0. The molecule has 3 aliphatic rings. The van der Waals surface area contributed by atoms with Crippen molar-refractivity contribution in [3.8, 4) is 0 Å². The van der Waals surface area contributed by atoms with Crippen LogP contribution in [0, 0.1) is 11.8 Å². The molecule has 20 heavy (non-hydrogen) atoms. The zero-order valence-corrected chi connectivity index (χ0v) is 13.5. The highest BCUT2D eigenvalue weighted by molar-refractivity contribution is 7.99. The van der Waals surface area contributed by atoms with Crippen molar-refractivity contribution in [3.63, 3.8) is 0 Å². The third kappa shape index (κ3) is 3.72. The molecule has 1 N–H and O–H groups in total. The van der Waals surface area contributed by atoms with Crippen LogP contribution >= 0.6 is 11.8 Å². The van der Waals surface area contributed by atoms with Crippen molar-refractivity contribution in [2.75, 3.05) is 18.1 Å². The number of hydrogen-bond acceptors (Lipinski definition) is 3. The van der Waals surface area contributed by atoms with Gasteiger partial charge in [0.1, 0.15) is 0 Å². The Morgan fingerprint density at radius 3 is 2.65 bits per heavy atom. The third-order valence-electron chi connectivity index (χ3n) is 5.69. The maximum Gasteiger partial charge on any atom is 0.0783 e. The van der Waals surface area contributed by atoms with Gasteiger partial charge in [-0.15, -0.1) is 0 Å². The van der Waals surface area contributed by atoms with E-state index in [0.29, 0.717) is 5.92 Å². The third-order valence-corrected chi connectivity index (χ3v) is 6.91. The minimum absolute atomic E-state index is 0.0792. The van der Waals surface area contributed by atoms with Crippen molar-refractivity contribution in [3.05, 3.63) is 0 Å². The Morgan fingerprint density at radius 2 is 1.95 bits per heavy atom. The lowest BCUT2D eigenvalue weighted by Crippen LogP contribution is -2.43. The van der Waals surface area contributed by atoms with Crippen LogP contribution in [-0.4, -0.2) is 34.9 Å². The highest BCUT2D eigenvalue weighted by Gasteiger charge is 2.42. The summed E-state index contributed by atoms with van der Waals surface area (Å²) in [5, 5.41) is 10.7. The number of aliphatic hydroxyl groups excluding tert-OH is 1. The average molecular weight is 298 g/mol. The van der Waals surface area contributed by atoms with E-state index in [-0.39, 0.29) is 11.7 Å². The van der Waals surface area contributed by atoms with E-state index in [0.717, 1.165) is 37.5 Å². The van der Waals surface area contributed by atoms with E-state index < -0.39 is 0 Å². The van der Waals surface area contributed by atoms with E-state index in [1.54, 1.807) is 0 Å². The smallest absolute Gasteiger partial charge is 0.0783 e. The topological polar surface area (TPSA) is 29.5 Å². The molecule has 0 aromatic carbocycles. The molecule has 0 aromatic rings. The van der Waals surface area contributed by atoms with Gasteiger partial charge in [0.25, 0.3) is 0 Å². The van der Waals surface area contributed by atoms with Crippen molar-refractivity contribution in [2.24, 2.45) is 11.8 Å². The highest BCUT2D eigenvalue weighted by Crippen LogP contribution is 2.42. The molecule has 2 heterocycles. The second-order valence-electron chi connectivity index (χ2n) is 7.25. The fourth-order valence-electron chi connectivity index (χ4n) is 4.39. The molecule has 0 aromatic heterocycles. The number of ether oxygens (including phenoxy) is 1. The maximum atomic E-state index is 10.7. The first-order chi connectivity index (χ1) is 9.77. The van der Waals surface area contributed by atoms with Crippen LogP contribution in [0.1, 0.15) is 64.2 Å². The summed E-state index contributed by atoms with van der Waals surface area (Å²) in [6.45, 7) is 0.868. The summed E-state index contributed by atoms with van der Waals surface area (Å²) in [6.07, 6.45) is 12.6. The fraction of sp³-hybridized carbons (Fsp3) is 1.00. The van der Waals surface area contributed by atoms with Gasteiger partial charge in [0, 0.05) is 12.4 Å². The molecule has 3 unspecified atom stereocenters. The van der Waals surface area contributed by atoms with Gasteiger partial charge < -0.3 is 9.84 Å². The second-order valence-corrected chi connectivity index (χ2v) is 8.35. The van der Waals surface area contributed by atoms with E-state index in [1.165, 1.54) is 50.7 Å². The quantitative estimate of drug-likeness (QED) is 0.798. The van der Waals surface area contributed by atoms with Crippen LogP contribution in [0.4, 0.5) is 0 Å². The SMILES string of the molecule is OC(CC1CCCCCC1)C1CCOC2(CCSC2)C1. The Labute approximate surface area is 128 Å². The predicted molar refractivity (Wildman–Crippen MR) is 85.2 cm³/mol. The van der Waals surface area contributed by atoms with Gasteiger partial charge in [0.2, 0.25) is 0 Å². The molecule has 0 amide bonds. The average Bonchev–Trinajstić information content (AvgIpc) is 2.74. The van der Waals surface area contributed by atoms with Crippen molar-refractivity contribution in [1.29, 1.82) is 0 Å². The number of thioether (sulfide) groups is 1. The molecular formula is C17H30O2S.